The number of hydrogen-bond donors (Lipinski definition) is 2. The van der Waals surface area contributed by atoms with Crippen LogP contribution in [0.5, 0.6) is 0 Å². The molecule has 7 nitrogen and oxygen atoms in total. The van der Waals surface area contributed by atoms with E-state index in [2.05, 4.69) is 10.6 Å². The fourth-order valence-electron chi connectivity index (χ4n) is 2.87. The van der Waals surface area contributed by atoms with Crippen molar-refractivity contribution in [1.29, 1.82) is 0 Å². The standard InChI is InChI=1S/C18H27N3O4/c1-13(6-11-16-5-4-12-25-16)19-17(22)18(2,3)20-14-7-9-15(10-8-14)21(23)24/h7-10,13,16,20H,4-6,11-12H2,1-3H3,(H,19,22)/t13-,16-/m0/s1. The van der Waals surface area contributed by atoms with Crippen molar-refractivity contribution in [1.82, 2.24) is 5.32 Å². The van der Waals surface area contributed by atoms with E-state index in [4.69, 9.17) is 4.74 Å². The lowest BCUT2D eigenvalue weighted by Crippen LogP contribution is -2.50. The van der Waals surface area contributed by atoms with E-state index in [0.717, 1.165) is 32.3 Å². The minimum Gasteiger partial charge on any atom is -0.378 e. The quantitative estimate of drug-likeness (QED) is 0.555. The van der Waals surface area contributed by atoms with Crippen LogP contribution in [-0.4, -0.2) is 35.1 Å². The molecule has 2 rings (SSSR count). The predicted molar refractivity (Wildman–Crippen MR) is 96.6 cm³/mol. The van der Waals surface area contributed by atoms with E-state index in [1.165, 1.54) is 12.1 Å². The number of nitrogens with zero attached hydrogens (tertiary/aromatic N) is 1. The molecule has 0 aromatic heterocycles. The number of benzene rings is 1. The second-order valence-electron chi connectivity index (χ2n) is 7.14. The lowest BCUT2D eigenvalue weighted by atomic mass is 10.0. The van der Waals surface area contributed by atoms with Crippen LogP contribution in [0.3, 0.4) is 0 Å². The fraction of sp³-hybridized carbons (Fsp3) is 0.611. The zero-order valence-electron chi connectivity index (χ0n) is 15.1. The van der Waals surface area contributed by atoms with Gasteiger partial charge in [-0.3, -0.25) is 14.9 Å². The summed E-state index contributed by atoms with van der Waals surface area (Å²) in [5.41, 5.74) is -0.137. The maximum atomic E-state index is 12.5. The van der Waals surface area contributed by atoms with Crippen LogP contribution in [0, 0.1) is 10.1 Å². The molecule has 1 aliphatic heterocycles. The summed E-state index contributed by atoms with van der Waals surface area (Å²) >= 11 is 0. The molecular weight excluding hydrogens is 322 g/mol. The molecule has 138 valence electrons. The summed E-state index contributed by atoms with van der Waals surface area (Å²) in [6.07, 6.45) is 4.39. The monoisotopic (exact) mass is 349 g/mol. The number of nitro benzene ring substituents is 1. The Morgan fingerprint density at radius 3 is 2.64 bits per heavy atom. The molecule has 1 heterocycles. The first kappa shape index (κ1) is 19.2. The molecule has 1 aromatic rings. The van der Waals surface area contributed by atoms with Crippen LogP contribution in [0.4, 0.5) is 11.4 Å². The van der Waals surface area contributed by atoms with Crippen LogP contribution < -0.4 is 10.6 Å². The molecule has 1 saturated heterocycles. The summed E-state index contributed by atoms with van der Waals surface area (Å²) in [6, 6.07) is 6.11. The van der Waals surface area contributed by atoms with E-state index in [0.29, 0.717) is 11.8 Å². The lowest BCUT2D eigenvalue weighted by molar-refractivity contribution is -0.384. The first-order valence-corrected chi connectivity index (χ1v) is 8.73. The van der Waals surface area contributed by atoms with E-state index in [-0.39, 0.29) is 17.6 Å². The Labute approximate surface area is 148 Å². The first-order valence-electron chi connectivity index (χ1n) is 8.73. The summed E-state index contributed by atoms with van der Waals surface area (Å²) in [6.45, 7) is 6.42. The molecule has 0 radical (unpaired) electrons. The third-order valence-electron chi connectivity index (χ3n) is 4.43. The van der Waals surface area contributed by atoms with Crippen molar-refractivity contribution in [3.63, 3.8) is 0 Å². The highest BCUT2D eigenvalue weighted by atomic mass is 16.6. The molecule has 7 heteroatoms. The van der Waals surface area contributed by atoms with E-state index in [1.807, 2.05) is 6.92 Å². The number of rotatable bonds is 8. The SMILES string of the molecule is C[C@@H](CC[C@@H]1CCCO1)NC(=O)C(C)(C)Nc1ccc([N+](=O)[O-])cc1. The Hall–Kier alpha value is -2.15. The van der Waals surface area contributed by atoms with Gasteiger partial charge in [0.05, 0.1) is 11.0 Å². The van der Waals surface area contributed by atoms with Crippen molar-refractivity contribution >= 4 is 17.3 Å². The number of amides is 1. The number of anilines is 1. The lowest BCUT2D eigenvalue weighted by Gasteiger charge is -2.28. The number of ether oxygens (including phenoxy) is 1. The van der Waals surface area contributed by atoms with Gasteiger partial charge in [-0.05, 0) is 58.6 Å². The van der Waals surface area contributed by atoms with Crippen molar-refractivity contribution in [2.75, 3.05) is 11.9 Å². The van der Waals surface area contributed by atoms with E-state index in [9.17, 15) is 14.9 Å². The van der Waals surface area contributed by atoms with Gasteiger partial charge in [-0.1, -0.05) is 0 Å². The summed E-state index contributed by atoms with van der Waals surface area (Å²) in [4.78, 5) is 22.8. The number of nitro groups is 1. The van der Waals surface area contributed by atoms with E-state index >= 15 is 0 Å². The van der Waals surface area contributed by atoms with Crippen LogP contribution in [0.25, 0.3) is 0 Å². The number of non-ortho nitro benzene ring substituents is 1. The fourth-order valence-corrected chi connectivity index (χ4v) is 2.87. The van der Waals surface area contributed by atoms with Gasteiger partial charge in [0.1, 0.15) is 5.54 Å². The van der Waals surface area contributed by atoms with Crippen molar-refractivity contribution in [3.8, 4) is 0 Å². The third-order valence-corrected chi connectivity index (χ3v) is 4.43. The number of carbonyl (C=O) groups excluding carboxylic acids is 1. The smallest absolute Gasteiger partial charge is 0.269 e. The van der Waals surface area contributed by atoms with Gasteiger partial charge in [0.2, 0.25) is 5.91 Å². The molecule has 2 atom stereocenters. The molecule has 1 aliphatic rings. The second-order valence-corrected chi connectivity index (χ2v) is 7.14. The maximum Gasteiger partial charge on any atom is 0.269 e. The van der Waals surface area contributed by atoms with Gasteiger partial charge in [-0.15, -0.1) is 0 Å². The highest BCUT2D eigenvalue weighted by Crippen LogP contribution is 2.20. The van der Waals surface area contributed by atoms with Gasteiger partial charge in [-0.25, -0.2) is 0 Å². The van der Waals surface area contributed by atoms with Crippen LogP contribution in [0.15, 0.2) is 24.3 Å². The van der Waals surface area contributed by atoms with Gasteiger partial charge in [0.15, 0.2) is 0 Å². The molecule has 1 fully saturated rings. The minimum atomic E-state index is -0.825. The Morgan fingerprint density at radius 1 is 1.40 bits per heavy atom. The van der Waals surface area contributed by atoms with Crippen molar-refractivity contribution < 1.29 is 14.5 Å². The Morgan fingerprint density at radius 2 is 2.08 bits per heavy atom. The van der Waals surface area contributed by atoms with Gasteiger partial charge >= 0.3 is 0 Å². The summed E-state index contributed by atoms with van der Waals surface area (Å²) < 4.78 is 5.61. The molecule has 0 aliphatic carbocycles. The number of nitrogens with one attached hydrogen (secondary N) is 2. The zero-order chi connectivity index (χ0) is 18.4. The maximum absolute atomic E-state index is 12.5. The average Bonchev–Trinajstić information content (AvgIpc) is 3.06. The van der Waals surface area contributed by atoms with E-state index < -0.39 is 10.5 Å². The Bertz CT molecular complexity index is 595. The predicted octanol–water partition coefficient (Wildman–Crippen LogP) is 3.25. The van der Waals surface area contributed by atoms with Crippen LogP contribution in [-0.2, 0) is 9.53 Å². The highest BCUT2D eigenvalue weighted by molar-refractivity contribution is 5.88. The summed E-state index contributed by atoms with van der Waals surface area (Å²) in [5.74, 6) is -0.106. The van der Waals surface area contributed by atoms with Crippen molar-refractivity contribution in [2.24, 2.45) is 0 Å². The number of hydrogen-bond acceptors (Lipinski definition) is 5. The van der Waals surface area contributed by atoms with Gasteiger partial charge < -0.3 is 15.4 Å². The van der Waals surface area contributed by atoms with Crippen molar-refractivity contribution in [2.45, 2.75) is 64.1 Å². The van der Waals surface area contributed by atoms with Crippen LogP contribution in [0.2, 0.25) is 0 Å². The molecule has 2 N–H and O–H groups in total. The Kier molecular flexibility index (Phi) is 6.36. The normalized spacial score (nSPS) is 18.6. The molecule has 25 heavy (non-hydrogen) atoms. The van der Waals surface area contributed by atoms with E-state index in [1.54, 1.807) is 26.0 Å². The molecule has 0 spiro atoms. The summed E-state index contributed by atoms with van der Waals surface area (Å²) in [7, 11) is 0. The second kappa shape index (κ2) is 8.29. The molecule has 0 unspecified atom stereocenters. The van der Waals surface area contributed by atoms with Crippen LogP contribution in [0.1, 0.15) is 46.5 Å². The highest BCUT2D eigenvalue weighted by Gasteiger charge is 2.28. The average molecular weight is 349 g/mol. The van der Waals surface area contributed by atoms with Gasteiger partial charge in [0, 0.05) is 30.5 Å². The molecular formula is C18H27N3O4. The Balaban J connectivity index is 1.84. The number of carbonyl (C=O) groups is 1. The third kappa shape index (κ3) is 5.70. The van der Waals surface area contributed by atoms with Crippen molar-refractivity contribution in [3.05, 3.63) is 34.4 Å². The molecule has 0 bridgehead atoms. The van der Waals surface area contributed by atoms with Crippen LogP contribution >= 0.6 is 0 Å². The van der Waals surface area contributed by atoms with Gasteiger partial charge in [0.25, 0.3) is 5.69 Å². The molecule has 1 aromatic carbocycles. The first-order chi connectivity index (χ1) is 11.8. The zero-order valence-corrected chi connectivity index (χ0v) is 15.1. The summed E-state index contributed by atoms with van der Waals surface area (Å²) in [5, 5.41) is 16.9. The molecule has 1 amide bonds. The largest absolute Gasteiger partial charge is 0.378 e. The van der Waals surface area contributed by atoms with Gasteiger partial charge in [-0.2, -0.15) is 0 Å². The molecule has 0 saturated carbocycles. The topological polar surface area (TPSA) is 93.5 Å². The minimum absolute atomic E-state index is 0.0237.